The molecule has 1 rings (SSSR count). The zero-order valence-electron chi connectivity index (χ0n) is 18.2. The number of halogens is 5. The molecule has 1 aromatic rings. The first-order valence-electron chi connectivity index (χ1n) is 10.2. The summed E-state index contributed by atoms with van der Waals surface area (Å²) < 4.78 is 90.1. The van der Waals surface area contributed by atoms with Crippen molar-refractivity contribution in [2.45, 2.75) is 81.8 Å². The van der Waals surface area contributed by atoms with Crippen LogP contribution in [0.2, 0.25) is 0 Å². The predicted molar refractivity (Wildman–Crippen MR) is 106 cm³/mol. The summed E-state index contributed by atoms with van der Waals surface area (Å²) in [5.74, 6) is -12.7. The number of methoxy groups -OCH3 is 3. The van der Waals surface area contributed by atoms with Gasteiger partial charge in [-0.05, 0) is 31.2 Å². The standard InChI is InChI=1S/C22H33F5O3/c1-5-6-7-11-17-20(24,25)21(26,27)19(23,22(28-2,29-3)30-4)16-12-15-18-13-9-8-10-14-18/h8-10,13-14H,5-7,11-12,15-17H2,1-4H3. The van der Waals surface area contributed by atoms with E-state index in [-0.39, 0.29) is 19.3 Å². The minimum atomic E-state index is -5.09. The van der Waals surface area contributed by atoms with Crippen LogP contribution >= 0.6 is 0 Å². The van der Waals surface area contributed by atoms with Gasteiger partial charge in [-0.15, -0.1) is 0 Å². The third-order valence-corrected chi connectivity index (χ3v) is 5.42. The Morgan fingerprint density at radius 1 is 0.733 bits per heavy atom. The number of ether oxygens (including phenoxy) is 3. The van der Waals surface area contributed by atoms with Crippen molar-refractivity contribution in [2.75, 3.05) is 21.3 Å². The van der Waals surface area contributed by atoms with Crippen LogP contribution < -0.4 is 0 Å². The van der Waals surface area contributed by atoms with Gasteiger partial charge in [0.2, 0.25) is 0 Å². The highest BCUT2D eigenvalue weighted by atomic mass is 19.3. The van der Waals surface area contributed by atoms with Gasteiger partial charge in [-0.3, -0.25) is 0 Å². The molecule has 0 fully saturated rings. The molecule has 174 valence electrons. The Bertz CT molecular complexity index is 600. The highest BCUT2D eigenvalue weighted by molar-refractivity contribution is 5.15. The molecule has 0 aliphatic carbocycles. The molecule has 8 heteroatoms. The van der Waals surface area contributed by atoms with Crippen LogP contribution in [0.5, 0.6) is 0 Å². The van der Waals surface area contributed by atoms with Gasteiger partial charge in [0.1, 0.15) is 0 Å². The molecule has 0 amide bonds. The molecule has 0 aliphatic heterocycles. The van der Waals surface area contributed by atoms with Crippen molar-refractivity contribution in [2.24, 2.45) is 0 Å². The van der Waals surface area contributed by atoms with Crippen molar-refractivity contribution in [1.29, 1.82) is 0 Å². The number of benzene rings is 1. The van der Waals surface area contributed by atoms with Gasteiger partial charge < -0.3 is 14.2 Å². The third-order valence-electron chi connectivity index (χ3n) is 5.42. The van der Waals surface area contributed by atoms with E-state index >= 15 is 13.2 Å². The fraction of sp³-hybridized carbons (Fsp3) is 0.727. The topological polar surface area (TPSA) is 27.7 Å². The molecule has 0 aromatic heterocycles. The summed E-state index contributed by atoms with van der Waals surface area (Å²) in [6, 6.07) is 8.77. The molecule has 0 saturated carbocycles. The number of hydrogen-bond acceptors (Lipinski definition) is 3. The van der Waals surface area contributed by atoms with Crippen molar-refractivity contribution in [1.82, 2.24) is 0 Å². The second-order valence-corrected chi connectivity index (χ2v) is 7.40. The maximum absolute atomic E-state index is 16.1. The first kappa shape index (κ1) is 26.8. The third kappa shape index (κ3) is 5.51. The molecule has 0 spiro atoms. The Balaban J connectivity index is 3.19. The highest BCUT2D eigenvalue weighted by Gasteiger charge is 2.78. The van der Waals surface area contributed by atoms with Crippen LogP contribution in [0.25, 0.3) is 0 Å². The highest BCUT2D eigenvalue weighted by Crippen LogP contribution is 2.55. The second kappa shape index (κ2) is 11.4. The van der Waals surface area contributed by atoms with E-state index in [1.807, 2.05) is 6.92 Å². The summed E-state index contributed by atoms with van der Waals surface area (Å²) in [5.41, 5.74) is -3.16. The molecule has 0 aliphatic rings. The zero-order valence-corrected chi connectivity index (χ0v) is 18.2. The van der Waals surface area contributed by atoms with Crippen LogP contribution in [0.15, 0.2) is 30.3 Å². The lowest BCUT2D eigenvalue weighted by molar-refractivity contribution is -0.452. The van der Waals surface area contributed by atoms with Gasteiger partial charge in [0.25, 0.3) is 5.67 Å². The fourth-order valence-corrected chi connectivity index (χ4v) is 3.64. The summed E-state index contributed by atoms with van der Waals surface area (Å²) in [7, 11) is 2.65. The Hall–Kier alpha value is -1.25. The molecular formula is C22H33F5O3. The van der Waals surface area contributed by atoms with Crippen LogP contribution in [0.1, 0.15) is 57.4 Å². The van der Waals surface area contributed by atoms with Gasteiger partial charge in [-0.2, -0.15) is 17.6 Å². The number of hydrogen-bond donors (Lipinski definition) is 0. The van der Waals surface area contributed by atoms with Gasteiger partial charge in [0.15, 0.2) is 0 Å². The number of alkyl halides is 5. The van der Waals surface area contributed by atoms with Crippen LogP contribution in [0.3, 0.4) is 0 Å². The van der Waals surface area contributed by atoms with Crippen molar-refractivity contribution in [3.05, 3.63) is 35.9 Å². The van der Waals surface area contributed by atoms with Gasteiger partial charge in [-0.1, -0.05) is 56.5 Å². The normalized spacial score (nSPS) is 15.2. The molecule has 0 saturated heterocycles. The van der Waals surface area contributed by atoms with Crippen molar-refractivity contribution < 1.29 is 36.2 Å². The van der Waals surface area contributed by atoms with E-state index in [1.165, 1.54) is 0 Å². The van der Waals surface area contributed by atoms with E-state index < -0.39 is 36.3 Å². The first-order valence-corrected chi connectivity index (χ1v) is 10.2. The van der Waals surface area contributed by atoms with Crippen LogP contribution in [0.4, 0.5) is 22.0 Å². The SMILES string of the molecule is CCCCCCC(F)(F)C(F)(F)C(F)(CCCc1ccccc1)C(OC)(OC)OC. The zero-order chi connectivity index (χ0) is 22.9. The minimum Gasteiger partial charge on any atom is -0.328 e. The van der Waals surface area contributed by atoms with E-state index in [2.05, 4.69) is 0 Å². The van der Waals surface area contributed by atoms with Crippen molar-refractivity contribution in [3.8, 4) is 0 Å². The monoisotopic (exact) mass is 440 g/mol. The Morgan fingerprint density at radius 2 is 1.30 bits per heavy atom. The number of rotatable bonds is 15. The molecule has 1 atom stereocenters. The maximum atomic E-state index is 16.1. The van der Waals surface area contributed by atoms with Crippen LogP contribution in [-0.4, -0.2) is 44.8 Å². The Morgan fingerprint density at radius 3 is 1.80 bits per heavy atom. The second-order valence-electron chi connectivity index (χ2n) is 7.40. The quantitative estimate of drug-likeness (QED) is 0.176. The van der Waals surface area contributed by atoms with Crippen molar-refractivity contribution in [3.63, 3.8) is 0 Å². The van der Waals surface area contributed by atoms with E-state index in [0.717, 1.165) is 33.3 Å². The van der Waals surface area contributed by atoms with Crippen LogP contribution in [0, 0.1) is 0 Å². The van der Waals surface area contributed by atoms with E-state index in [4.69, 9.17) is 14.2 Å². The summed E-state index contributed by atoms with van der Waals surface area (Å²) >= 11 is 0. The lowest BCUT2D eigenvalue weighted by Gasteiger charge is -2.46. The Labute approximate surface area is 175 Å². The van der Waals surface area contributed by atoms with Gasteiger partial charge >= 0.3 is 17.8 Å². The fourth-order valence-electron chi connectivity index (χ4n) is 3.64. The molecule has 3 nitrogen and oxygen atoms in total. The summed E-state index contributed by atoms with van der Waals surface area (Å²) in [5, 5.41) is 0. The lowest BCUT2D eigenvalue weighted by Crippen LogP contribution is -2.69. The number of aryl methyl sites for hydroxylation is 1. The van der Waals surface area contributed by atoms with Gasteiger partial charge in [-0.25, -0.2) is 4.39 Å². The molecule has 0 bridgehead atoms. The van der Waals surface area contributed by atoms with Crippen molar-refractivity contribution >= 4 is 0 Å². The minimum absolute atomic E-state index is 0.139. The Kier molecular flexibility index (Phi) is 10.2. The smallest absolute Gasteiger partial charge is 0.328 e. The summed E-state index contributed by atoms with van der Waals surface area (Å²) in [6.45, 7) is 1.87. The summed E-state index contributed by atoms with van der Waals surface area (Å²) in [6.07, 6.45) is -0.396. The molecular weight excluding hydrogens is 407 g/mol. The number of unbranched alkanes of at least 4 members (excludes halogenated alkanes) is 3. The van der Waals surface area contributed by atoms with Gasteiger partial charge in [0, 0.05) is 27.8 Å². The predicted octanol–water partition coefficient (Wildman–Crippen LogP) is 6.55. The summed E-state index contributed by atoms with van der Waals surface area (Å²) in [4.78, 5) is 0. The van der Waals surface area contributed by atoms with E-state index in [9.17, 15) is 8.78 Å². The molecule has 30 heavy (non-hydrogen) atoms. The maximum Gasteiger partial charge on any atom is 0.351 e. The lowest BCUT2D eigenvalue weighted by atomic mass is 9.82. The van der Waals surface area contributed by atoms with Gasteiger partial charge in [0.05, 0.1) is 0 Å². The largest absolute Gasteiger partial charge is 0.351 e. The molecule has 0 N–H and O–H groups in total. The average Bonchev–Trinajstić information content (AvgIpc) is 2.73. The van der Waals surface area contributed by atoms with E-state index in [0.29, 0.717) is 12.8 Å². The van der Waals surface area contributed by atoms with Crippen LogP contribution in [-0.2, 0) is 20.6 Å². The molecule has 1 unspecified atom stereocenters. The molecule has 1 aromatic carbocycles. The molecule has 0 radical (unpaired) electrons. The average molecular weight is 440 g/mol. The van der Waals surface area contributed by atoms with E-state index in [1.54, 1.807) is 30.3 Å². The first-order chi connectivity index (χ1) is 14.1. The molecule has 0 heterocycles.